The van der Waals surface area contributed by atoms with Gasteiger partial charge in [-0.2, -0.15) is 0 Å². The molecule has 0 saturated heterocycles. The number of hydrogen-bond donors (Lipinski definition) is 2. The highest BCUT2D eigenvalue weighted by Gasteiger charge is 2.19. The zero-order chi connectivity index (χ0) is 19.4. The van der Waals surface area contributed by atoms with Crippen LogP contribution in [-0.4, -0.2) is 35.6 Å². The van der Waals surface area contributed by atoms with Gasteiger partial charge in [0.25, 0.3) is 0 Å². The van der Waals surface area contributed by atoms with E-state index in [-0.39, 0.29) is 18.6 Å². The van der Waals surface area contributed by atoms with E-state index in [1.54, 1.807) is 0 Å². The zero-order valence-corrected chi connectivity index (χ0v) is 16.3. The maximum absolute atomic E-state index is 12.6. The Bertz CT molecular complexity index is 819. The summed E-state index contributed by atoms with van der Waals surface area (Å²) in [6, 6.07) is 12.0. The minimum Gasteiger partial charge on any atom is -0.492 e. The maximum atomic E-state index is 12.6. The van der Waals surface area contributed by atoms with Gasteiger partial charge in [-0.15, -0.1) is 0 Å². The minimum absolute atomic E-state index is 0.00112. The Morgan fingerprint density at radius 2 is 2.07 bits per heavy atom. The summed E-state index contributed by atoms with van der Waals surface area (Å²) >= 11 is 0. The second kappa shape index (κ2) is 8.55. The largest absolute Gasteiger partial charge is 0.492 e. The highest BCUT2D eigenvalue weighted by molar-refractivity contribution is 5.78. The fourth-order valence-corrected chi connectivity index (χ4v) is 3.53. The third kappa shape index (κ3) is 4.87. The maximum Gasteiger partial charge on any atom is 0.234 e. The molecule has 1 aliphatic heterocycles. The molecular formula is C22H28N2O3. The van der Waals surface area contributed by atoms with E-state index in [1.165, 1.54) is 11.1 Å². The third-order valence-electron chi connectivity index (χ3n) is 5.01. The topological polar surface area (TPSA) is 61.8 Å². The summed E-state index contributed by atoms with van der Waals surface area (Å²) in [6.45, 7) is 8.34. The van der Waals surface area contributed by atoms with Gasteiger partial charge in [-0.1, -0.05) is 29.8 Å². The fourth-order valence-electron chi connectivity index (χ4n) is 3.53. The molecule has 0 aromatic heterocycles. The van der Waals surface area contributed by atoms with Gasteiger partial charge in [0.15, 0.2) is 0 Å². The molecule has 0 radical (unpaired) electrons. The first-order chi connectivity index (χ1) is 13.0. The molecular weight excluding hydrogens is 340 g/mol. The number of fused-ring (bicyclic) bond motifs is 1. The van der Waals surface area contributed by atoms with Crippen LogP contribution in [0.15, 0.2) is 36.4 Å². The lowest BCUT2D eigenvalue weighted by Crippen LogP contribution is -2.39. The second-order valence-electron chi connectivity index (χ2n) is 7.31. The van der Waals surface area contributed by atoms with E-state index in [0.29, 0.717) is 26.2 Å². The van der Waals surface area contributed by atoms with Crippen molar-refractivity contribution in [3.8, 4) is 5.75 Å². The monoisotopic (exact) mass is 368 g/mol. The SMILES string of the molecule is Cc1ccc(C)c([C@@H](C)NC(=O)CN2CCOc3ccc(CO)cc3C2)c1. The molecule has 0 spiro atoms. The van der Waals surface area contributed by atoms with E-state index in [1.807, 2.05) is 25.1 Å². The molecule has 0 fully saturated rings. The average Bonchev–Trinajstić information content (AvgIpc) is 2.84. The van der Waals surface area contributed by atoms with Crippen LogP contribution >= 0.6 is 0 Å². The molecule has 0 unspecified atom stereocenters. The van der Waals surface area contributed by atoms with Crippen molar-refractivity contribution in [1.29, 1.82) is 0 Å². The van der Waals surface area contributed by atoms with E-state index < -0.39 is 0 Å². The summed E-state index contributed by atoms with van der Waals surface area (Å²) in [5, 5.41) is 12.5. The van der Waals surface area contributed by atoms with E-state index in [2.05, 4.69) is 42.3 Å². The number of aryl methyl sites for hydroxylation is 2. The summed E-state index contributed by atoms with van der Waals surface area (Å²) in [5.41, 5.74) is 5.39. The molecule has 1 heterocycles. The van der Waals surface area contributed by atoms with Crippen LogP contribution in [0, 0.1) is 13.8 Å². The molecule has 5 heteroatoms. The number of carbonyl (C=O) groups excluding carboxylic acids is 1. The van der Waals surface area contributed by atoms with Crippen molar-refractivity contribution in [2.24, 2.45) is 0 Å². The summed E-state index contributed by atoms with van der Waals surface area (Å²) in [6.07, 6.45) is 0. The molecule has 2 N–H and O–H groups in total. The lowest BCUT2D eigenvalue weighted by atomic mass is 10.00. The van der Waals surface area contributed by atoms with E-state index in [0.717, 1.165) is 22.4 Å². The standard InChI is InChI=1S/C22H28N2O3/c1-15-4-5-16(2)20(10-15)17(3)23-22(26)13-24-8-9-27-21-7-6-18(14-25)11-19(21)12-24/h4-7,10-11,17,25H,8-9,12-14H2,1-3H3,(H,23,26)/t17-/m1/s1. The lowest BCUT2D eigenvalue weighted by molar-refractivity contribution is -0.123. The van der Waals surface area contributed by atoms with Crippen LogP contribution in [0.2, 0.25) is 0 Å². The van der Waals surface area contributed by atoms with Crippen LogP contribution in [-0.2, 0) is 17.9 Å². The highest BCUT2D eigenvalue weighted by atomic mass is 16.5. The third-order valence-corrected chi connectivity index (χ3v) is 5.01. The first-order valence-corrected chi connectivity index (χ1v) is 9.40. The van der Waals surface area contributed by atoms with Gasteiger partial charge in [0.2, 0.25) is 5.91 Å². The number of nitrogens with zero attached hydrogens (tertiary/aromatic N) is 1. The smallest absolute Gasteiger partial charge is 0.234 e. The molecule has 144 valence electrons. The lowest BCUT2D eigenvalue weighted by Gasteiger charge is -2.22. The Hall–Kier alpha value is -2.37. The summed E-state index contributed by atoms with van der Waals surface area (Å²) < 4.78 is 5.78. The Morgan fingerprint density at radius 1 is 1.26 bits per heavy atom. The zero-order valence-electron chi connectivity index (χ0n) is 16.3. The number of hydrogen-bond acceptors (Lipinski definition) is 4. The number of carbonyl (C=O) groups is 1. The van der Waals surface area contributed by atoms with Crippen molar-refractivity contribution in [3.63, 3.8) is 0 Å². The molecule has 0 bridgehead atoms. The second-order valence-corrected chi connectivity index (χ2v) is 7.31. The predicted molar refractivity (Wildman–Crippen MR) is 106 cm³/mol. The van der Waals surface area contributed by atoms with E-state index in [9.17, 15) is 9.90 Å². The Labute approximate surface area is 161 Å². The van der Waals surface area contributed by atoms with Crippen LogP contribution in [0.4, 0.5) is 0 Å². The molecule has 1 aliphatic rings. The molecule has 1 amide bonds. The Kier molecular flexibility index (Phi) is 6.14. The number of nitrogens with one attached hydrogen (secondary N) is 1. The number of rotatable bonds is 5. The molecule has 0 saturated carbocycles. The van der Waals surface area contributed by atoms with Crippen molar-refractivity contribution in [1.82, 2.24) is 10.2 Å². The van der Waals surface area contributed by atoms with Gasteiger partial charge in [-0.3, -0.25) is 9.69 Å². The van der Waals surface area contributed by atoms with Crippen molar-refractivity contribution in [2.45, 2.75) is 40.0 Å². The van der Waals surface area contributed by atoms with Crippen molar-refractivity contribution in [3.05, 3.63) is 64.2 Å². The predicted octanol–water partition coefficient (Wildman–Crippen LogP) is 2.87. The van der Waals surface area contributed by atoms with Crippen molar-refractivity contribution >= 4 is 5.91 Å². The van der Waals surface area contributed by atoms with Crippen LogP contribution in [0.1, 0.15) is 40.8 Å². The molecule has 5 nitrogen and oxygen atoms in total. The molecule has 27 heavy (non-hydrogen) atoms. The van der Waals surface area contributed by atoms with E-state index in [4.69, 9.17) is 4.74 Å². The van der Waals surface area contributed by atoms with Gasteiger partial charge in [0, 0.05) is 18.7 Å². The average molecular weight is 368 g/mol. The molecule has 2 aromatic rings. The van der Waals surface area contributed by atoms with Gasteiger partial charge in [-0.25, -0.2) is 0 Å². The van der Waals surface area contributed by atoms with Gasteiger partial charge in [0.1, 0.15) is 12.4 Å². The molecule has 2 aromatic carbocycles. The molecule has 1 atom stereocenters. The van der Waals surface area contributed by atoms with Crippen LogP contribution in [0.5, 0.6) is 5.75 Å². The Balaban J connectivity index is 1.64. The number of benzene rings is 2. The Morgan fingerprint density at radius 3 is 2.85 bits per heavy atom. The van der Waals surface area contributed by atoms with Gasteiger partial charge >= 0.3 is 0 Å². The summed E-state index contributed by atoms with van der Waals surface area (Å²) in [4.78, 5) is 14.7. The number of aliphatic hydroxyl groups is 1. The minimum atomic E-state index is -0.0334. The van der Waals surface area contributed by atoms with Gasteiger partial charge < -0.3 is 15.2 Å². The first kappa shape index (κ1) is 19.4. The quantitative estimate of drug-likeness (QED) is 0.852. The van der Waals surface area contributed by atoms with E-state index >= 15 is 0 Å². The van der Waals surface area contributed by atoms with Crippen LogP contribution in [0.25, 0.3) is 0 Å². The first-order valence-electron chi connectivity index (χ1n) is 9.40. The van der Waals surface area contributed by atoms with Gasteiger partial charge in [-0.05, 0) is 49.6 Å². The number of amides is 1. The fraction of sp³-hybridized carbons (Fsp3) is 0.409. The van der Waals surface area contributed by atoms with Crippen LogP contribution in [0.3, 0.4) is 0 Å². The normalized spacial score (nSPS) is 15.4. The highest BCUT2D eigenvalue weighted by Crippen LogP contribution is 2.24. The van der Waals surface area contributed by atoms with Gasteiger partial charge in [0.05, 0.1) is 19.2 Å². The molecule has 3 rings (SSSR count). The number of aliphatic hydroxyl groups excluding tert-OH is 1. The molecule has 0 aliphatic carbocycles. The summed E-state index contributed by atoms with van der Waals surface area (Å²) in [7, 11) is 0. The summed E-state index contributed by atoms with van der Waals surface area (Å²) in [5.74, 6) is 0.837. The van der Waals surface area contributed by atoms with Crippen LogP contribution < -0.4 is 10.1 Å². The van der Waals surface area contributed by atoms with Crippen molar-refractivity contribution < 1.29 is 14.6 Å². The van der Waals surface area contributed by atoms with Crippen molar-refractivity contribution in [2.75, 3.05) is 19.7 Å². The number of ether oxygens (including phenoxy) is 1.